The number of rotatable bonds is 5. The van der Waals surface area contributed by atoms with Gasteiger partial charge in [-0.25, -0.2) is 13.8 Å². The molecule has 3 aromatic carbocycles. The van der Waals surface area contributed by atoms with Crippen LogP contribution in [0.1, 0.15) is 5.89 Å². The Labute approximate surface area is 185 Å². The van der Waals surface area contributed by atoms with Crippen LogP contribution in [0.5, 0.6) is 0 Å². The van der Waals surface area contributed by atoms with Crippen molar-refractivity contribution in [2.75, 3.05) is 31.1 Å². The first-order chi connectivity index (χ1) is 15.7. The fourth-order valence-corrected chi connectivity index (χ4v) is 4.08. The largest absolute Gasteiger partial charge is 0.439 e. The van der Waals surface area contributed by atoms with Gasteiger partial charge in [0.1, 0.15) is 17.3 Å². The minimum atomic E-state index is -0.359. The van der Waals surface area contributed by atoms with E-state index in [-0.39, 0.29) is 11.6 Å². The van der Waals surface area contributed by atoms with Crippen LogP contribution >= 0.6 is 0 Å². The van der Waals surface area contributed by atoms with Gasteiger partial charge in [0, 0.05) is 43.0 Å². The molecule has 1 fully saturated rings. The molecule has 1 aliphatic heterocycles. The molecule has 0 N–H and O–H groups in total. The third kappa shape index (κ3) is 4.41. The van der Waals surface area contributed by atoms with E-state index < -0.39 is 0 Å². The summed E-state index contributed by atoms with van der Waals surface area (Å²) in [4.78, 5) is 9.34. The summed E-state index contributed by atoms with van der Waals surface area (Å²) in [7, 11) is 0. The van der Waals surface area contributed by atoms with E-state index in [1.807, 2.05) is 6.07 Å². The van der Waals surface area contributed by atoms with Crippen LogP contribution in [0.15, 0.2) is 83.3 Å². The van der Waals surface area contributed by atoms with Gasteiger partial charge in [-0.1, -0.05) is 42.5 Å². The van der Waals surface area contributed by atoms with Crippen LogP contribution in [0, 0.1) is 11.6 Å². The summed E-state index contributed by atoms with van der Waals surface area (Å²) in [5.41, 5.74) is 2.93. The Morgan fingerprint density at radius 1 is 0.750 bits per heavy atom. The SMILES string of the molecule is Fc1cccc(-c2nc(CN3CCN(c4ccccc4)CC3)oc2-c2cccc(F)c2)c1. The molecule has 2 heterocycles. The lowest BCUT2D eigenvalue weighted by atomic mass is 10.1. The lowest BCUT2D eigenvalue weighted by molar-refractivity contribution is 0.227. The minimum Gasteiger partial charge on any atom is -0.439 e. The number of halogens is 2. The third-order valence-corrected chi connectivity index (χ3v) is 5.71. The monoisotopic (exact) mass is 431 g/mol. The van der Waals surface area contributed by atoms with E-state index in [9.17, 15) is 8.78 Å². The van der Waals surface area contributed by atoms with Crippen molar-refractivity contribution in [3.05, 3.63) is 96.4 Å². The Morgan fingerprint density at radius 3 is 2.09 bits per heavy atom. The predicted octanol–water partition coefficient (Wildman–Crippen LogP) is 5.61. The molecule has 0 amide bonds. The topological polar surface area (TPSA) is 32.5 Å². The first kappa shape index (κ1) is 20.4. The summed E-state index contributed by atoms with van der Waals surface area (Å²) >= 11 is 0. The molecular weight excluding hydrogens is 408 g/mol. The molecule has 0 radical (unpaired) electrons. The smallest absolute Gasteiger partial charge is 0.209 e. The van der Waals surface area contributed by atoms with E-state index in [2.05, 4.69) is 39.0 Å². The molecule has 1 aliphatic rings. The number of oxazole rings is 1. The van der Waals surface area contributed by atoms with Gasteiger partial charge in [-0.2, -0.15) is 0 Å². The van der Waals surface area contributed by atoms with Crippen molar-refractivity contribution in [3.8, 4) is 22.6 Å². The summed E-state index contributed by atoms with van der Waals surface area (Å²) in [6.07, 6.45) is 0. The Bertz CT molecular complexity index is 1140. The molecule has 0 spiro atoms. The molecule has 4 aromatic rings. The number of nitrogens with zero attached hydrogens (tertiary/aromatic N) is 3. The number of aromatic nitrogens is 1. The predicted molar refractivity (Wildman–Crippen MR) is 121 cm³/mol. The van der Waals surface area contributed by atoms with E-state index in [0.717, 1.165) is 26.2 Å². The Morgan fingerprint density at radius 2 is 1.41 bits per heavy atom. The Balaban J connectivity index is 1.38. The van der Waals surface area contributed by atoms with Crippen LogP contribution in [0.25, 0.3) is 22.6 Å². The molecule has 1 aromatic heterocycles. The summed E-state index contributed by atoms with van der Waals surface area (Å²) in [5.74, 6) is 0.279. The number of para-hydroxylation sites is 1. The second-order valence-electron chi connectivity index (χ2n) is 7.90. The van der Waals surface area contributed by atoms with Gasteiger partial charge in [-0.05, 0) is 36.4 Å². The minimum absolute atomic E-state index is 0.353. The lowest BCUT2D eigenvalue weighted by Crippen LogP contribution is -2.46. The van der Waals surface area contributed by atoms with Gasteiger partial charge in [0.05, 0.1) is 6.54 Å². The zero-order valence-corrected chi connectivity index (χ0v) is 17.5. The molecule has 162 valence electrons. The second-order valence-corrected chi connectivity index (χ2v) is 7.90. The zero-order chi connectivity index (χ0) is 21.9. The fourth-order valence-electron chi connectivity index (χ4n) is 4.08. The van der Waals surface area contributed by atoms with Gasteiger partial charge in [0.2, 0.25) is 5.89 Å². The van der Waals surface area contributed by atoms with E-state index in [4.69, 9.17) is 4.42 Å². The Hall–Kier alpha value is -3.51. The zero-order valence-electron chi connectivity index (χ0n) is 17.5. The molecule has 5 rings (SSSR count). The first-order valence-corrected chi connectivity index (χ1v) is 10.7. The fraction of sp³-hybridized carbons (Fsp3) is 0.192. The van der Waals surface area contributed by atoms with Crippen molar-refractivity contribution < 1.29 is 13.2 Å². The summed E-state index contributed by atoms with van der Waals surface area (Å²) in [6, 6.07) is 22.8. The molecule has 32 heavy (non-hydrogen) atoms. The summed E-state index contributed by atoms with van der Waals surface area (Å²) < 4.78 is 33.9. The van der Waals surface area contributed by atoms with Crippen LogP contribution in [0.3, 0.4) is 0 Å². The van der Waals surface area contributed by atoms with E-state index >= 15 is 0 Å². The highest BCUT2D eigenvalue weighted by atomic mass is 19.1. The van der Waals surface area contributed by atoms with Crippen molar-refractivity contribution >= 4 is 5.69 Å². The normalized spacial score (nSPS) is 14.6. The molecule has 0 unspecified atom stereocenters. The maximum atomic E-state index is 13.9. The summed E-state index contributed by atoms with van der Waals surface area (Å²) in [6.45, 7) is 4.13. The van der Waals surface area contributed by atoms with Crippen LogP contribution in [-0.2, 0) is 6.54 Å². The van der Waals surface area contributed by atoms with Crippen LogP contribution in [0.4, 0.5) is 14.5 Å². The van der Waals surface area contributed by atoms with Gasteiger partial charge < -0.3 is 9.32 Å². The van der Waals surface area contributed by atoms with E-state index in [0.29, 0.717) is 35.0 Å². The highest BCUT2D eigenvalue weighted by Gasteiger charge is 2.22. The molecule has 6 heteroatoms. The standard InChI is InChI=1S/C26H23F2N3O/c27-21-8-4-6-19(16-21)25-26(20-7-5-9-22(28)17-20)32-24(29-25)18-30-12-14-31(15-13-30)23-10-2-1-3-11-23/h1-11,16-17H,12-15,18H2. The molecule has 0 bridgehead atoms. The molecule has 0 saturated carbocycles. The average molecular weight is 431 g/mol. The van der Waals surface area contributed by atoms with Crippen molar-refractivity contribution in [1.82, 2.24) is 9.88 Å². The second kappa shape index (κ2) is 8.93. The highest BCUT2D eigenvalue weighted by molar-refractivity contribution is 5.76. The first-order valence-electron chi connectivity index (χ1n) is 10.7. The number of benzene rings is 3. The number of anilines is 1. The Kier molecular flexibility index (Phi) is 5.69. The van der Waals surface area contributed by atoms with Crippen molar-refractivity contribution in [2.24, 2.45) is 0 Å². The third-order valence-electron chi connectivity index (χ3n) is 5.71. The lowest BCUT2D eigenvalue weighted by Gasteiger charge is -2.35. The van der Waals surface area contributed by atoms with Crippen molar-refractivity contribution in [2.45, 2.75) is 6.54 Å². The highest BCUT2D eigenvalue weighted by Crippen LogP contribution is 2.33. The van der Waals surface area contributed by atoms with Crippen LogP contribution < -0.4 is 4.90 Å². The van der Waals surface area contributed by atoms with Crippen molar-refractivity contribution in [1.29, 1.82) is 0 Å². The maximum absolute atomic E-state index is 13.9. The molecule has 0 aliphatic carbocycles. The van der Waals surface area contributed by atoms with E-state index in [1.54, 1.807) is 24.3 Å². The number of hydrogen-bond donors (Lipinski definition) is 0. The van der Waals surface area contributed by atoms with Gasteiger partial charge in [-0.3, -0.25) is 4.90 Å². The van der Waals surface area contributed by atoms with Gasteiger partial charge in [-0.15, -0.1) is 0 Å². The quantitative estimate of drug-likeness (QED) is 0.411. The maximum Gasteiger partial charge on any atom is 0.209 e. The molecule has 1 saturated heterocycles. The molecular formula is C26H23F2N3O. The van der Waals surface area contributed by atoms with Gasteiger partial charge in [0.25, 0.3) is 0 Å². The van der Waals surface area contributed by atoms with Crippen LogP contribution in [0.2, 0.25) is 0 Å². The summed E-state index contributed by atoms with van der Waals surface area (Å²) in [5, 5.41) is 0. The van der Waals surface area contributed by atoms with Crippen molar-refractivity contribution in [3.63, 3.8) is 0 Å². The average Bonchev–Trinajstić information content (AvgIpc) is 3.24. The molecule has 4 nitrogen and oxygen atoms in total. The molecule has 0 atom stereocenters. The number of piperazine rings is 1. The van der Waals surface area contributed by atoms with Gasteiger partial charge >= 0.3 is 0 Å². The van der Waals surface area contributed by atoms with Gasteiger partial charge in [0.15, 0.2) is 5.76 Å². The van der Waals surface area contributed by atoms with Crippen LogP contribution in [-0.4, -0.2) is 36.1 Å². The number of hydrogen-bond acceptors (Lipinski definition) is 4. The van der Waals surface area contributed by atoms with E-state index in [1.165, 1.54) is 30.0 Å².